The van der Waals surface area contributed by atoms with Crippen molar-refractivity contribution < 1.29 is 19.1 Å². The lowest BCUT2D eigenvalue weighted by Crippen LogP contribution is -2.45. The third kappa shape index (κ3) is 6.73. The fraction of sp³-hybridized carbons (Fsp3) is 0.152. The molecule has 1 unspecified atom stereocenters. The second-order valence-corrected chi connectivity index (χ2v) is 9.33. The zero-order valence-corrected chi connectivity index (χ0v) is 21.7. The van der Waals surface area contributed by atoms with Gasteiger partial charge in [0.2, 0.25) is 5.91 Å². The molecule has 0 aliphatic carbocycles. The van der Waals surface area contributed by atoms with Gasteiger partial charge in [0, 0.05) is 24.4 Å². The molecule has 6 nitrogen and oxygen atoms in total. The van der Waals surface area contributed by atoms with E-state index in [4.69, 9.17) is 9.47 Å². The van der Waals surface area contributed by atoms with Crippen molar-refractivity contribution in [3.8, 4) is 11.5 Å². The summed E-state index contributed by atoms with van der Waals surface area (Å²) in [6.07, 6.45) is 3.37. The molecule has 0 bridgehead atoms. The van der Waals surface area contributed by atoms with Crippen LogP contribution in [0.15, 0.2) is 109 Å². The lowest BCUT2D eigenvalue weighted by Gasteiger charge is -2.33. The van der Waals surface area contributed by atoms with Crippen LogP contribution in [0.3, 0.4) is 0 Å². The molecular formula is C33H30N2O4. The van der Waals surface area contributed by atoms with E-state index in [1.807, 2.05) is 78.9 Å². The van der Waals surface area contributed by atoms with Crippen LogP contribution in [0.5, 0.6) is 11.5 Å². The van der Waals surface area contributed by atoms with Crippen molar-refractivity contribution in [1.82, 2.24) is 0 Å². The van der Waals surface area contributed by atoms with Gasteiger partial charge in [0.1, 0.15) is 18.1 Å². The number of nitrogens with one attached hydrogen (secondary N) is 1. The molecule has 4 aromatic rings. The highest BCUT2D eigenvalue weighted by Crippen LogP contribution is 2.36. The first-order chi connectivity index (χ1) is 19.0. The molecule has 1 aliphatic rings. The van der Waals surface area contributed by atoms with Gasteiger partial charge in [0.25, 0.3) is 5.91 Å². The number of ether oxygens (including phenoxy) is 2. The molecule has 1 atom stereocenters. The number of hydrogen-bond donors (Lipinski definition) is 1. The summed E-state index contributed by atoms with van der Waals surface area (Å²) in [4.78, 5) is 27.2. The number of fused-ring (bicyclic) bond motifs is 1. The number of carbonyl (C=O) groups is 2. The summed E-state index contributed by atoms with van der Waals surface area (Å²) in [6.45, 7) is 2.79. The second-order valence-electron chi connectivity index (χ2n) is 9.33. The quantitative estimate of drug-likeness (QED) is 0.265. The smallest absolute Gasteiger partial charge is 0.267 e. The molecule has 1 N–H and O–H groups in total. The van der Waals surface area contributed by atoms with E-state index in [1.165, 1.54) is 6.08 Å². The fourth-order valence-corrected chi connectivity index (χ4v) is 4.38. The molecule has 0 fully saturated rings. The minimum Gasteiger partial charge on any atom is -0.489 e. The summed E-state index contributed by atoms with van der Waals surface area (Å²) in [6, 6.07) is 33.0. The molecule has 0 radical (unpaired) electrons. The van der Waals surface area contributed by atoms with Gasteiger partial charge in [-0.1, -0.05) is 72.8 Å². The van der Waals surface area contributed by atoms with Crippen molar-refractivity contribution in [2.45, 2.75) is 26.1 Å². The maximum Gasteiger partial charge on any atom is 0.267 e. The Bertz CT molecular complexity index is 1450. The largest absolute Gasteiger partial charge is 0.489 e. The Morgan fingerprint density at radius 1 is 0.923 bits per heavy atom. The van der Waals surface area contributed by atoms with Gasteiger partial charge in [0.15, 0.2) is 6.10 Å². The van der Waals surface area contributed by atoms with Crippen LogP contribution in [0, 0.1) is 0 Å². The predicted molar refractivity (Wildman–Crippen MR) is 154 cm³/mol. The van der Waals surface area contributed by atoms with Gasteiger partial charge >= 0.3 is 0 Å². The molecule has 39 heavy (non-hydrogen) atoms. The molecule has 196 valence electrons. The van der Waals surface area contributed by atoms with Crippen molar-refractivity contribution in [2.75, 3.05) is 16.8 Å². The van der Waals surface area contributed by atoms with E-state index in [-0.39, 0.29) is 11.8 Å². The average molecular weight is 519 g/mol. The van der Waals surface area contributed by atoms with Gasteiger partial charge < -0.3 is 19.7 Å². The Labute approximate surface area is 228 Å². The van der Waals surface area contributed by atoms with Gasteiger partial charge in [-0.15, -0.1) is 0 Å². The van der Waals surface area contributed by atoms with Gasteiger partial charge in [-0.2, -0.15) is 0 Å². The van der Waals surface area contributed by atoms with Crippen LogP contribution in [0.1, 0.15) is 23.6 Å². The summed E-state index contributed by atoms with van der Waals surface area (Å²) in [7, 11) is 0. The van der Waals surface area contributed by atoms with Crippen molar-refractivity contribution in [3.05, 3.63) is 126 Å². The minimum atomic E-state index is -0.598. The number of amides is 2. The molecule has 0 spiro atoms. The van der Waals surface area contributed by atoms with E-state index < -0.39 is 6.10 Å². The van der Waals surface area contributed by atoms with Crippen LogP contribution in [0.25, 0.3) is 6.08 Å². The topological polar surface area (TPSA) is 67.9 Å². The van der Waals surface area contributed by atoms with Crippen LogP contribution in [-0.2, 0) is 22.6 Å². The van der Waals surface area contributed by atoms with Gasteiger partial charge in [0.05, 0.1) is 5.69 Å². The molecule has 1 aliphatic heterocycles. The highest BCUT2D eigenvalue weighted by atomic mass is 16.5. The number of benzene rings is 4. The molecule has 1 heterocycles. The minimum absolute atomic E-state index is 0.0744. The predicted octanol–water partition coefficient (Wildman–Crippen LogP) is 6.27. The Balaban J connectivity index is 1.18. The summed E-state index contributed by atoms with van der Waals surface area (Å²) < 4.78 is 11.7. The monoisotopic (exact) mass is 518 g/mol. The highest BCUT2D eigenvalue weighted by Gasteiger charge is 2.31. The van der Waals surface area contributed by atoms with E-state index in [0.29, 0.717) is 30.3 Å². The van der Waals surface area contributed by atoms with Crippen molar-refractivity contribution in [1.29, 1.82) is 0 Å². The van der Waals surface area contributed by atoms with E-state index >= 15 is 0 Å². The number of rotatable bonds is 9. The molecule has 0 aromatic heterocycles. The van der Waals surface area contributed by atoms with E-state index in [9.17, 15) is 9.59 Å². The third-order valence-electron chi connectivity index (χ3n) is 6.46. The zero-order chi connectivity index (χ0) is 27.0. The van der Waals surface area contributed by atoms with Crippen LogP contribution in [-0.4, -0.2) is 24.5 Å². The van der Waals surface area contributed by atoms with Gasteiger partial charge in [-0.3, -0.25) is 9.59 Å². The summed E-state index contributed by atoms with van der Waals surface area (Å²) in [5.41, 5.74) is 4.45. The summed E-state index contributed by atoms with van der Waals surface area (Å²) in [5.74, 6) is 0.998. The fourth-order valence-electron chi connectivity index (χ4n) is 4.38. The molecule has 6 heteroatoms. The standard InChI is InChI=1S/C33H30N2O4/c1-24-33(37)35(21-20-25-8-4-2-5-9-25)30-18-15-28(22-31(30)39-24)34-32(36)19-14-26-12-16-29(17-13-26)38-23-27-10-6-3-7-11-27/h2-19,22,24H,20-21,23H2,1H3,(H,34,36)/b19-14+. The number of anilines is 2. The molecular weight excluding hydrogens is 488 g/mol. The zero-order valence-electron chi connectivity index (χ0n) is 21.7. The maximum atomic E-state index is 12.8. The van der Waals surface area contributed by atoms with Crippen LogP contribution in [0.2, 0.25) is 0 Å². The van der Waals surface area contributed by atoms with Gasteiger partial charge in [-0.25, -0.2) is 0 Å². The molecule has 2 amide bonds. The van der Waals surface area contributed by atoms with Crippen LogP contribution in [0.4, 0.5) is 11.4 Å². The lowest BCUT2D eigenvalue weighted by molar-refractivity contribution is -0.125. The van der Waals surface area contributed by atoms with Crippen LogP contribution < -0.4 is 19.7 Å². The first kappa shape index (κ1) is 25.8. The van der Waals surface area contributed by atoms with Crippen molar-refractivity contribution >= 4 is 29.3 Å². The Morgan fingerprint density at radius 2 is 1.62 bits per heavy atom. The van der Waals surface area contributed by atoms with Gasteiger partial charge in [-0.05, 0) is 60.4 Å². The Kier molecular flexibility index (Phi) is 8.03. The maximum absolute atomic E-state index is 12.8. The molecule has 0 saturated heterocycles. The average Bonchev–Trinajstić information content (AvgIpc) is 2.97. The number of hydrogen-bond acceptors (Lipinski definition) is 4. The van der Waals surface area contributed by atoms with E-state index in [0.717, 1.165) is 28.9 Å². The molecule has 4 aromatic carbocycles. The van der Waals surface area contributed by atoms with Crippen LogP contribution >= 0.6 is 0 Å². The van der Waals surface area contributed by atoms with E-state index in [2.05, 4.69) is 17.4 Å². The SMILES string of the molecule is CC1Oc2cc(NC(=O)/C=C/c3ccc(OCc4ccccc4)cc3)ccc2N(CCc2ccccc2)C1=O. The normalized spacial score (nSPS) is 14.5. The third-order valence-corrected chi connectivity index (χ3v) is 6.46. The molecule has 0 saturated carbocycles. The lowest BCUT2D eigenvalue weighted by atomic mass is 10.1. The Morgan fingerprint density at radius 3 is 2.33 bits per heavy atom. The van der Waals surface area contributed by atoms with Crippen molar-refractivity contribution in [3.63, 3.8) is 0 Å². The second kappa shape index (κ2) is 12.1. The summed E-state index contributed by atoms with van der Waals surface area (Å²) in [5, 5.41) is 2.88. The molecule has 5 rings (SSSR count). The first-order valence-electron chi connectivity index (χ1n) is 13.0. The highest BCUT2D eigenvalue weighted by molar-refractivity contribution is 6.03. The Hall–Kier alpha value is -4.84. The van der Waals surface area contributed by atoms with E-state index in [1.54, 1.807) is 30.0 Å². The number of nitrogens with zero attached hydrogens (tertiary/aromatic N) is 1. The number of carbonyl (C=O) groups excluding carboxylic acids is 2. The van der Waals surface area contributed by atoms with Crippen molar-refractivity contribution in [2.24, 2.45) is 0 Å². The summed E-state index contributed by atoms with van der Waals surface area (Å²) >= 11 is 0. The first-order valence-corrected chi connectivity index (χ1v) is 13.0.